The van der Waals surface area contributed by atoms with E-state index < -0.39 is 11.7 Å². The first-order valence-electron chi connectivity index (χ1n) is 10.5. The number of alkyl halides is 3. The lowest BCUT2D eigenvalue weighted by Crippen LogP contribution is -2.47. The quantitative estimate of drug-likeness (QED) is 0.608. The molecule has 0 spiro atoms. The van der Waals surface area contributed by atoms with Gasteiger partial charge in [0.1, 0.15) is 0 Å². The maximum atomic E-state index is 12.9. The molecule has 8 heteroatoms. The SMILES string of the molecule is O=C1CN(c2ccc(CNC(=O)c3ccccc3-c3ccc(C(F)(F)F)cc3)cc2)CCN1. The third-order valence-corrected chi connectivity index (χ3v) is 5.49. The Morgan fingerprint density at radius 1 is 0.970 bits per heavy atom. The lowest BCUT2D eigenvalue weighted by Gasteiger charge is -2.28. The molecule has 33 heavy (non-hydrogen) atoms. The Labute approximate surface area is 189 Å². The Kier molecular flexibility index (Phi) is 6.35. The van der Waals surface area contributed by atoms with Crippen molar-refractivity contribution < 1.29 is 22.8 Å². The van der Waals surface area contributed by atoms with E-state index in [2.05, 4.69) is 10.6 Å². The zero-order valence-corrected chi connectivity index (χ0v) is 17.7. The topological polar surface area (TPSA) is 61.4 Å². The molecule has 1 heterocycles. The molecule has 2 N–H and O–H groups in total. The molecule has 170 valence electrons. The summed E-state index contributed by atoms with van der Waals surface area (Å²) in [5.74, 6) is -0.327. The van der Waals surface area contributed by atoms with Crippen LogP contribution in [0.1, 0.15) is 21.5 Å². The third kappa shape index (κ3) is 5.34. The summed E-state index contributed by atoms with van der Waals surface area (Å²) in [6.07, 6.45) is -4.41. The number of carbonyl (C=O) groups is 2. The van der Waals surface area contributed by atoms with Crippen molar-refractivity contribution in [1.82, 2.24) is 10.6 Å². The summed E-state index contributed by atoms with van der Waals surface area (Å²) in [4.78, 5) is 26.4. The maximum Gasteiger partial charge on any atom is 0.416 e. The molecule has 1 saturated heterocycles. The van der Waals surface area contributed by atoms with Gasteiger partial charge in [-0.2, -0.15) is 13.2 Å². The maximum absolute atomic E-state index is 12.9. The number of halogens is 3. The molecule has 0 saturated carbocycles. The minimum Gasteiger partial charge on any atom is -0.360 e. The highest BCUT2D eigenvalue weighted by molar-refractivity contribution is 6.00. The van der Waals surface area contributed by atoms with Gasteiger partial charge in [-0.15, -0.1) is 0 Å². The first-order valence-corrected chi connectivity index (χ1v) is 10.5. The molecule has 0 radical (unpaired) electrons. The molecule has 1 aliphatic heterocycles. The van der Waals surface area contributed by atoms with Gasteiger partial charge in [-0.25, -0.2) is 0 Å². The summed E-state index contributed by atoms with van der Waals surface area (Å²) in [6.45, 7) is 1.95. The smallest absolute Gasteiger partial charge is 0.360 e. The fourth-order valence-electron chi connectivity index (χ4n) is 3.73. The van der Waals surface area contributed by atoms with E-state index in [4.69, 9.17) is 0 Å². The zero-order chi connectivity index (χ0) is 23.4. The lowest BCUT2D eigenvalue weighted by atomic mass is 9.98. The highest BCUT2D eigenvalue weighted by Gasteiger charge is 2.30. The number of carbonyl (C=O) groups excluding carboxylic acids is 2. The lowest BCUT2D eigenvalue weighted by molar-refractivity contribution is -0.137. The molecule has 1 fully saturated rings. The van der Waals surface area contributed by atoms with E-state index >= 15 is 0 Å². The number of nitrogens with one attached hydrogen (secondary N) is 2. The number of rotatable bonds is 5. The summed E-state index contributed by atoms with van der Waals surface area (Å²) in [5, 5.41) is 5.66. The molecule has 2 amide bonds. The number of hydrogen-bond donors (Lipinski definition) is 2. The number of hydrogen-bond acceptors (Lipinski definition) is 3. The van der Waals surface area contributed by atoms with Gasteiger partial charge < -0.3 is 15.5 Å². The Hall–Kier alpha value is -3.81. The van der Waals surface area contributed by atoms with Gasteiger partial charge in [0.25, 0.3) is 5.91 Å². The van der Waals surface area contributed by atoms with E-state index in [1.165, 1.54) is 12.1 Å². The molecule has 0 aliphatic carbocycles. The first-order chi connectivity index (χ1) is 15.8. The van der Waals surface area contributed by atoms with Crippen molar-refractivity contribution in [2.24, 2.45) is 0 Å². The molecule has 1 aliphatic rings. The second kappa shape index (κ2) is 9.36. The van der Waals surface area contributed by atoms with Crippen molar-refractivity contribution in [3.63, 3.8) is 0 Å². The van der Waals surface area contributed by atoms with Crippen molar-refractivity contribution in [3.8, 4) is 11.1 Å². The van der Waals surface area contributed by atoms with Crippen molar-refractivity contribution in [2.75, 3.05) is 24.5 Å². The first kappa shape index (κ1) is 22.4. The van der Waals surface area contributed by atoms with E-state index in [1.54, 1.807) is 24.3 Å². The molecule has 0 bridgehead atoms. The Bertz CT molecular complexity index is 1140. The fourth-order valence-corrected chi connectivity index (χ4v) is 3.73. The van der Waals surface area contributed by atoms with E-state index in [1.807, 2.05) is 29.2 Å². The standard InChI is InChI=1S/C25H22F3N3O2/c26-25(27,28)19-9-7-18(8-10-19)21-3-1-2-4-22(21)24(33)30-15-17-5-11-20(12-6-17)31-14-13-29-23(32)16-31/h1-12H,13-16H2,(H,29,32)(H,30,33). The van der Waals surface area contributed by atoms with E-state index in [0.29, 0.717) is 36.3 Å². The van der Waals surface area contributed by atoms with Gasteiger partial charge in [-0.1, -0.05) is 42.5 Å². The Morgan fingerprint density at radius 3 is 2.33 bits per heavy atom. The highest BCUT2D eigenvalue weighted by Crippen LogP contribution is 2.32. The molecule has 0 unspecified atom stereocenters. The van der Waals surface area contributed by atoms with Gasteiger partial charge in [-0.05, 0) is 47.0 Å². The van der Waals surface area contributed by atoms with Crippen LogP contribution in [0.2, 0.25) is 0 Å². The van der Waals surface area contributed by atoms with Gasteiger partial charge in [0, 0.05) is 30.9 Å². The largest absolute Gasteiger partial charge is 0.416 e. The fraction of sp³-hybridized carbons (Fsp3) is 0.200. The van der Waals surface area contributed by atoms with Gasteiger partial charge in [0.15, 0.2) is 0 Å². The zero-order valence-electron chi connectivity index (χ0n) is 17.7. The summed E-state index contributed by atoms with van der Waals surface area (Å²) in [6, 6.07) is 19.2. The van der Waals surface area contributed by atoms with Crippen LogP contribution in [0.5, 0.6) is 0 Å². The average molecular weight is 453 g/mol. The second-order valence-corrected chi connectivity index (χ2v) is 7.74. The molecule has 5 nitrogen and oxygen atoms in total. The van der Waals surface area contributed by atoms with Crippen LogP contribution in [0.15, 0.2) is 72.8 Å². The number of amides is 2. The van der Waals surface area contributed by atoms with Crippen LogP contribution in [0.25, 0.3) is 11.1 Å². The van der Waals surface area contributed by atoms with Crippen LogP contribution in [-0.4, -0.2) is 31.4 Å². The van der Waals surface area contributed by atoms with Gasteiger partial charge >= 0.3 is 6.18 Å². The molecule has 3 aromatic rings. The summed E-state index contributed by atoms with van der Waals surface area (Å²) < 4.78 is 38.6. The Morgan fingerprint density at radius 2 is 1.67 bits per heavy atom. The number of anilines is 1. The average Bonchev–Trinajstić information content (AvgIpc) is 2.82. The van der Waals surface area contributed by atoms with Crippen molar-refractivity contribution in [3.05, 3.63) is 89.5 Å². The highest BCUT2D eigenvalue weighted by atomic mass is 19.4. The summed E-state index contributed by atoms with van der Waals surface area (Å²) >= 11 is 0. The van der Waals surface area contributed by atoms with Crippen LogP contribution in [0, 0.1) is 0 Å². The minimum absolute atomic E-state index is 0.00991. The molecule has 0 aromatic heterocycles. The van der Waals surface area contributed by atoms with Crippen molar-refractivity contribution in [2.45, 2.75) is 12.7 Å². The van der Waals surface area contributed by atoms with Crippen molar-refractivity contribution in [1.29, 1.82) is 0 Å². The number of piperazine rings is 1. The van der Waals surface area contributed by atoms with E-state index in [0.717, 1.165) is 29.9 Å². The van der Waals surface area contributed by atoms with Crippen LogP contribution in [0.4, 0.5) is 18.9 Å². The monoisotopic (exact) mass is 453 g/mol. The van der Waals surface area contributed by atoms with Gasteiger partial charge in [-0.3, -0.25) is 9.59 Å². The van der Waals surface area contributed by atoms with Crippen LogP contribution in [-0.2, 0) is 17.5 Å². The van der Waals surface area contributed by atoms with Crippen LogP contribution < -0.4 is 15.5 Å². The van der Waals surface area contributed by atoms with Crippen molar-refractivity contribution >= 4 is 17.5 Å². The predicted octanol–water partition coefficient (Wildman–Crippen LogP) is 4.24. The predicted molar refractivity (Wildman–Crippen MR) is 120 cm³/mol. The van der Waals surface area contributed by atoms with E-state index in [-0.39, 0.29) is 11.8 Å². The molecule has 3 aromatic carbocycles. The number of benzene rings is 3. The summed E-state index contributed by atoms with van der Waals surface area (Å²) in [7, 11) is 0. The molecule has 0 atom stereocenters. The van der Waals surface area contributed by atoms with Gasteiger partial charge in [0.05, 0.1) is 12.1 Å². The van der Waals surface area contributed by atoms with Crippen LogP contribution >= 0.6 is 0 Å². The Balaban J connectivity index is 1.44. The molecular weight excluding hydrogens is 431 g/mol. The summed E-state index contributed by atoms with van der Waals surface area (Å²) in [5.41, 5.74) is 2.56. The molecular formula is C25H22F3N3O2. The molecule has 4 rings (SSSR count). The second-order valence-electron chi connectivity index (χ2n) is 7.74. The van der Waals surface area contributed by atoms with Gasteiger partial charge in [0.2, 0.25) is 5.91 Å². The van der Waals surface area contributed by atoms with Crippen LogP contribution in [0.3, 0.4) is 0 Å². The minimum atomic E-state index is -4.41. The normalized spacial score (nSPS) is 14.0. The number of nitrogens with zero attached hydrogens (tertiary/aromatic N) is 1. The van der Waals surface area contributed by atoms with E-state index in [9.17, 15) is 22.8 Å². The third-order valence-electron chi connectivity index (χ3n) is 5.49.